The van der Waals surface area contributed by atoms with Gasteiger partial charge < -0.3 is 14.2 Å². The van der Waals surface area contributed by atoms with Crippen molar-refractivity contribution < 1.29 is 19.0 Å². The Kier molecular flexibility index (Phi) is 9.86. The molecule has 3 aromatic rings. The van der Waals surface area contributed by atoms with Gasteiger partial charge in [0.2, 0.25) is 0 Å². The molecule has 188 valence electrons. The van der Waals surface area contributed by atoms with E-state index in [-0.39, 0.29) is 12.5 Å². The lowest BCUT2D eigenvalue weighted by Crippen LogP contribution is -2.24. The average Bonchev–Trinajstić information content (AvgIpc) is 3.43. The van der Waals surface area contributed by atoms with Crippen LogP contribution in [0.5, 0.6) is 17.2 Å². The van der Waals surface area contributed by atoms with Gasteiger partial charge in [0.05, 0.1) is 22.4 Å². The van der Waals surface area contributed by atoms with Crippen molar-refractivity contribution in [3.8, 4) is 17.2 Å². The van der Waals surface area contributed by atoms with E-state index in [4.69, 9.17) is 25.8 Å². The van der Waals surface area contributed by atoms with Crippen molar-refractivity contribution in [2.24, 2.45) is 5.10 Å². The van der Waals surface area contributed by atoms with Gasteiger partial charge in [0.15, 0.2) is 18.1 Å². The maximum Gasteiger partial charge on any atom is 0.277 e. The van der Waals surface area contributed by atoms with Gasteiger partial charge in [-0.25, -0.2) is 5.43 Å². The third-order valence-electron chi connectivity index (χ3n) is 5.13. The van der Waals surface area contributed by atoms with Crippen molar-refractivity contribution >= 4 is 63.2 Å². The van der Waals surface area contributed by atoms with Gasteiger partial charge in [0, 0.05) is 22.1 Å². The van der Waals surface area contributed by atoms with Crippen LogP contribution in [0.3, 0.4) is 0 Å². The molecule has 0 saturated carbocycles. The summed E-state index contributed by atoms with van der Waals surface area (Å²) in [7, 11) is 1.56. The molecule has 0 spiro atoms. The summed E-state index contributed by atoms with van der Waals surface area (Å²) in [4.78, 5) is 12.2. The first kappa shape index (κ1) is 26.7. The molecule has 0 atom stereocenters. The number of hydrogen-bond donors (Lipinski definition) is 1. The molecular formula is C26H24BrClN2O4S2. The molecule has 6 nitrogen and oxygen atoms in total. The maximum atomic E-state index is 12.2. The van der Waals surface area contributed by atoms with E-state index < -0.39 is 0 Å². The molecule has 1 fully saturated rings. The summed E-state index contributed by atoms with van der Waals surface area (Å²) in [6.07, 6.45) is 1.52. The van der Waals surface area contributed by atoms with E-state index in [0.29, 0.717) is 43.5 Å². The summed E-state index contributed by atoms with van der Waals surface area (Å²) in [5.74, 6) is 3.71. The Morgan fingerprint density at radius 2 is 1.89 bits per heavy atom. The topological polar surface area (TPSA) is 69.2 Å². The molecule has 0 radical (unpaired) electrons. The number of rotatable bonds is 10. The fourth-order valence-electron chi connectivity index (χ4n) is 3.35. The number of amides is 1. The van der Waals surface area contributed by atoms with Crippen LogP contribution >= 0.6 is 51.1 Å². The summed E-state index contributed by atoms with van der Waals surface area (Å²) in [5, 5.41) is 4.66. The zero-order chi connectivity index (χ0) is 25.3. The van der Waals surface area contributed by atoms with Crippen LogP contribution in [-0.2, 0) is 11.4 Å². The number of halogens is 2. The number of hydrogen-bond acceptors (Lipinski definition) is 7. The molecule has 1 aliphatic heterocycles. The Labute approximate surface area is 232 Å². The number of benzene rings is 3. The second-order valence-electron chi connectivity index (χ2n) is 7.64. The third-order valence-corrected chi connectivity index (χ3v) is 9.19. The number of thioether (sulfide) groups is 2. The number of carbonyl (C=O) groups excluding carboxylic acids is 1. The number of carbonyl (C=O) groups is 1. The van der Waals surface area contributed by atoms with Crippen LogP contribution in [0.2, 0.25) is 5.02 Å². The highest BCUT2D eigenvalue weighted by Crippen LogP contribution is 2.45. The minimum atomic E-state index is -0.358. The lowest BCUT2D eigenvalue weighted by molar-refractivity contribution is -0.123. The lowest BCUT2D eigenvalue weighted by Gasteiger charge is -2.14. The average molecular weight is 608 g/mol. The van der Waals surface area contributed by atoms with Crippen LogP contribution in [0.25, 0.3) is 0 Å². The first-order valence-corrected chi connectivity index (χ1v) is 14.3. The molecule has 1 saturated heterocycles. The smallest absolute Gasteiger partial charge is 0.277 e. The van der Waals surface area contributed by atoms with Crippen LogP contribution in [0.15, 0.2) is 70.2 Å². The molecule has 0 unspecified atom stereocenters. The molecule has 0 bridgehead atoms. The van der Waals surface area contributed by atoms with Gasteiger partial charge in [-0.1, -0.05) is 41.9 Å². The Bertz CT molecular complexity index is 1220. The summed E-state index contributed by atoms with van der Waals surface area (Å²) >= 11 is 13.6. The molecular weight excluding hydrogens is 584 g/mol. The van der Waals surface area contributed by atoms with E-state index in [1.54, 1.807) is 13.2 Å². The van der Waals surface area contributed by atoms with Crippen molar-refractivity contribution in [2.75, 3.05) is 25.2 Å². The SMILES string of the molecule is COc1cc(/C=N/NC(=O)COc2ccc(C3SCCS3)cc2)cc(Br)c1OCc1ccccc1Cl. The second-order valence-corrected chi connectivity index (χ2v) is 11.6. The number of nitrogens with zero attached hydrogens (tertiary/aromatic N) is 1. The standard InChI is InChI=1S/C26H24BrClN2O4S2/c1-32-23-13-17(12-21(27)25(23)34-15-19-4-2-3-5-22(19)28)14-29-30-24(31)16-33-20-8-6-18(7-9-20)26-35-10-11-36-26/h2-9,12-14,26H,10-11,15-16H2,1H3,(H,30,31)/b29-14+. The normalized spacial score (nSPS) is 13.6. The third kappa shape index (κ3) is 7.35. The molecule has 1 amide bonds. The zero-order valence-corrected chi connectivity index (χ0v) is 23.4. The van der Waals surface area contributed by atoms with Crippen molar-refractivity contribution in [2.45, 2.75) is 11.2 Å². The fraction of sp³-hybridized carbons (Fsp3) is 0.231. The Hall–Kier alpha value is -2.33. The fourth-order valence-corrected chi connectivity index (χ4v) is 6.98. The Balaban J connectivity index is 1.29. The maximum absolute atomic E-state index is 12.2. The largest absolute Gasteiger partial charge is 0.493 e. The first-order chi connectivity index (χ1) is 17.5. The molecule has 10 heteroatoms. The Morgan fingerprint density at radius 1 is 1.14 bits per heavy atom. The van der Waals surface area contributed by atoms with Crippen molar-refractivity contribution in [1.82, 2.24) is 5.43 Å². The summed E-state index contributed by atoms with van der Waals surface area (Å²) < 4.78 is 18.2. The van der Waals surface area contributed by atoms with E-state index in [1.807, 2.05) is 66.0 Å². The molecule has 36 heavy (non-hydrogen) atoms. The number of ether oxygens (including phenoxy) is 3. The first-order valence-electron chi connectivity index (χ1n) is 11.0. The van der Waals surface area contributed by atoms with Gasteiger partial charge in [-0.3, -0.25) is 4.79 Å². The van der Waals surface area contributed by atoms with Gasteiger partial charge in [-0.15, -0.1) is 23.5 Å². The highest BCUT2D eigenvalue weighted by atomic mass is 79.9. The van der Waals surface area contributed by atoms with E-state index >= 15 is 0 Å². The highest BCUT2D eigenvalue weighted by molar-refractivity contribution is 9.10. The van der Waals surface area contributed by atoms with Crippen LogP contribution < -0.4 is 19.6 Å². The van der Waals surface area contributed by atoms with Gasteiger partial charge in [-0.2, -0.15) is 5.10 Å². The van der Waals surface area contributed by atoms with Crippen molar-refractivity contribution in [3.05, 3.63) is 86.8 Å². The molecule has 0 aromatic heterocycles. The molecule has 1 heterocycles. The van der Waals surface area contributed by atoms with Crippen LogP contribution in [0.4, 0.5) is 0 Å². The quantitative estimate of drug-likeness (QED) is 0.204. The van der Waals surface area contributed by atoms with Gasteiger partial charge in [0.1, 0.15) is 12.4 Å². The summed E-state index contributed by atoms with van der Waals surface area (Å²) in [5.41, 5.74) is 5.33. The Morgan fingerprint density at radius 3 is 2.61 bits per heavy atom. The van der Waals surface area contributed by atoms with Gasteiger partial charge >= 0.3 is 0 Å². The summed E-state index contributed by atoms with van der Waals surface area (Å²) in [6.45, 7) is 0.158. The number of nitrogens with one attached hydrogen (secondary N) is 1. The number of hydrazone groups is 1. The van der Waals surface area contributed by atoms with E-state index in [2.05, 4.69) is 38.6 Å². The van der Waals surface area contributed by atoms with Crippen LogP contribution in [0.1, 0.15) is 21.3 Å². The molecule has 1 N–H and O–H groups in total. The van der Waals surface area contributed by atoms with Gasteiger partial charge in [-0.05, 0) is 57.4 Å². The molecule has 3 aromatic carbocycles. The molecule has 1 aliphatic rings. The van der Waals surface area contributed by atoms with Crippen molar-refractivity contribution in [3.63, 3.8) is 0 Å². The van der Waals surface area contributed by atoms with E-state index in [1.165, 1.54) is 23.3 Å². The number of methoxy groups -OCH3 is 1. The van der Waals surface area contributed by atoms with Crippen molar-refractivity contribution in [1.29, 1.82) is 0 Å². The monoisotopic (exact) mass is 606 g/mol. The lowest BCUT2D eigenvalue weighted by atomic mass is 10.2. The predicted octanol–water partition coefficient (Wildman–Crippen LogP) is 6.70. The van der Waals surface area contributed by atoms with E-state index in [9.17, 15) is 4.79 Å². The van der Waals surface area contributed by atoms with Crippen LogP contribution in [0, 0.1) is 0 Å². The molecule has 4 rings (SSSR count). The second kappa shape index (κ2) is 13.3. The summed E-state index contributed by atoms with van der Waals surface area (Å²) in [6, 6.07) is 19.0. The van der Waals surface area contributed by atoms with E-state index in [0.717, 1.165) is 5.56 Å². The highest BCUT2D eigenvalue weighted by Gasteiger charge is 2.18. The minimum Gasteiger partial charge on any atom is -0.493 e. The zero-order valence-electron chi connectivity index (χ0n) is 19.4. The minimum absolute atomic E-state index is 0.133. The van der Waals surface area contributed by atoms with Crippen LogP contribution in [-0.4, -0.2) is 37.3 Å². The predicted molar refractivity (Wildman–Crippen MR) is 152 cm³/mol. The van der Waals surface area contributed by atoms with Gasteiger partial charge in [0.25, 0.3) is 5.91 Å². The molecule has 0 aliphatic carbocycles.